The number of hydrogen-bond acceptors (Lipinski definition) is 5. The summed E-state index contributed by atoms with van der Waals surface area (Å²) in [6.07, 6.45) is 1.80. The average molecular weight is 287 g/mol. The van der Waals surface area contributed by atoms with Gasteiger partial charge in [-0.05, 0) is 37.4 Å². The van der Waals surface area contributed by atoms with E-state index >= 15 is 0 Å². The van der Waals surface area contributed by atoms with Crippen LogP contribution in [0, 0.1) is 0 Å². The third-order valence-corrected chi connectivity index (χ3v) is 3.01. The second-order valence-corrected chi connectivity index (χ2v) is 4.31. The summed E-state index contributed by atoms with van der Waals surface area (Å²) in [7, 11) is 1.69. The lowest BCUT2D eigenvalue weighted by Crippen LogP contribution is -2.18. The molecule has 0 amide bonds. The molecule has 0 bridgehead atoms. The molecular weight excluding hydrogens is 261 g/mol. The van der Waals surface area contributed by atoms with Crippen LogP contribution in [-0.4, -0.2) is 25.7 Å². The minimum atomic E-state index is -0.750. The Hall–Kier alpha value is -1.05. The van der Waals surface area contributed by atoms with Gasteiger partial charge in [-0.25, -0.2) is 4.39 Å². The van der Waals surface area contributed by atoms with Crippen molar-refractivity contribution in [1.82, 2.24) is 5.48 Å². The molecule has 0 aliphatic carbocycles. The molecule has 0 aliphatic rings. The number of halogens is 1. The zero-order valence-corrected chi connectivity index (χ0v) is 12.2. The summed E-state index contributed by atoms with van der Waals surface area (Å²) in [4.78, 5) is 0. The van der Waals surface area contributed by atoms with Gasteiger partial charge in [0.15, 0.2) is 0 Å². The van der Waals surface area contributed by atoms with Crippen molar-refractivity contribution in [3.05, 3.63) is 35.4 Å². The largest absolute Gasteiger partial charge is 0.377 e. The summed E-state index contributed by atoms with van der Waals surface area (Å²) in [6.45, 7) is 1.89. The molecule has 0 fully saturated rings. The van der Waals surface area contributed by atoms with Crippen molar-refractivity contribution in [2.75, 3.05) is 20.5 Å². The Labute approximate surface area is 120 Å². The van der Waals surface area contributed by atoms with E-state index in [0.29, 0.717) is 6.54 Å². The molecule has 1 rings (SSSR count). The monoisotopic (exact) mass is 287 g/mol. The van der Waals surface area contributed by atoms with E-state index in [4.69, 9.17) is 15.7 Å². The molecule has 2 atom stereocenters. The third kappa shape index (κ3) is 6.93. The smallest absolute Gasteiger partial charge is 0.138 e. The zero-order valence-electron chi connectivity index (χ0n) is 12.2. The summed E-state index contributed by atoms with van der Waals surface area (Å²) in [5.41, 5.74) is 14.2. The van der Waals surface area contributed by atoms with E-state index in [1.54, 1.807) is 7.11 Å². The van der Waals surface area contributed by atoms with E-state index in [1.807, 2.05) is 31.2 Å². The second-order valence-electron chi connectivity index (χ2n) is 4.31. The van der Waals surface area contributed by atoms with Crippen molar-refractivity contribution in [3.63, 3.8) is 0 Å². The van der Waals surface area contributed by atoms with E-state index in [0.717, 1.165) is 24.0 Å². The minimum Gasteiger partial charge on any atom is -0.377 e. The Balaban J connectivity index is 0.00000110. The van der Waals surface area contributed by atoms with Crippen LogP contribution in [-0.2, 0) is 4.74 Å². The first-order chi connectivity index (χ1) is 9.64. The van der Waals surface area contributed by atoms with Gasteiger partial charge in [0.1, 0.15) is 6.80 Å². The summed E-state index contributed by atoms with van der Waals surface area (Å²) in [5, 5.41) is 9.12. The Morgan fingerprint density at radius 1 is 1.25 bits per heavy atom. The highest BCUT2D eigenvalue weighted by Gasteiger charge is 2.10. The number of ether oxygens (including phenoxy) is 1. The molecule has 6 heteroatoms. The molecule has 0 aliphatic heterocycles. The molecule has 1 aromatic carbocycles. The number of alkyl halides is 1. The highest BCUT2D eigenvalue weighted by atomic mass is 19.1. The standard InChI is InChI=1S/C13H22N2O2.CH4FN/c1-10(17-2)11-5-7-12(8-6-11)13(15-16)4-3-9-14;2-1-3/h5-8,10,13,15-16H,3-4,9,14H2,1-2H3;1,3H2. The van der Waals surface area contributed by atoms with Crippen LogP contribution < -0.4 is 16.9 Å². The van der Waals surface area contributed by atoms with Crippen molar-refractivity contribution >= 4 is 0 Å². The molecule has 116 valence electrons. The molecular formula is C14H26FN3O2. The van der Waals surface area contributed by atoms with Crippen LogP contribution in [0.1, 0.15) is 43.0 Å². The Bertz CT molecular complexity index is 336. The maximum atomic E-state index is 10.1. The number of hydrogen-bond donors (Lipinski definition) is 4. The van der Waals surface area contributed by atoms with Gasteiger partial charge in [-0.2, -0.15) is 5.48 Å². The fraction of sp³-hybridized carbons (Fsp3) is 0.571. The van der Waals surface area contributed by atoms with Gasteiger partial charge >= 0.3 is 0 Å². The van der Waals surface area contributed by atoms with Gasteiger partial charge in [0.05, 0.1) is 12.1 Å². The van der Waals surface area contributed by atoms with E-state index < -0.39 is 6.80 Å². The summed E-state index contributed by atoms with van der Waals surface area (Å²) in [6, 6.07) is 8.02. The predicted molar refractivity (Wildman–Crippen MR) is 78.0 cm³/mol. The lowest BCUT2D eigenvalue weighted by atomic mass is 10.00. The van der Waals surface area contributed by atoms with Gasteiger partial charge in [0.25, 0.3) is 0 Å². The zero-order chi connectivity index (χ0) is 15.4. The maximum absolute atomic E-state index is 10.1. The first kappa shape index (κ1) is 18.9. The molecule has 0 radical (unpaired) electrons. The van der Waals surface area contributed by atoms with E-state index in [9.17, 15) is 4.39 Å². The number of nitrogens with one attached hydrogen (secondary N) is 1. The van der Waals surface area contributed by atoms with Crippen LogP contribution in [0.15, 0.2) is 24.3 Å². The lowest BCUT2D eigenvalue weighted by Gasteiger charge is -2.16. The molecule has 0 aromatic heterocycles. The molecule has 1 aromatic rings. The first-order valence-corrected chi connectivity index (χ1v) is 6.62. The second kappa shape index (κ2) is 11.7. The van der Waals surface area contributed by atoms with Crippen molar-refractivity contribution in [1.29, 1.82) is 0 Å². The van der Waals surface area contributed by atoms with Crippen molar-refractivity contribution in [3.8, 4) is 0 Å². The van der Waals surface area contributed by atoms with Gasteiger partial charge in [-0.1, -0.05) is 24.3 Å². The van der Waals surface area contributed by atoms with E-state index in [-0.39, 0.29) is 12.1 Å². The van der Waals surface area contributed by atoms with Crippen LogP contribution >= 0.6 is 0 Å². The summed E-state index contributed by atoms with van der Waals surface area (Å²) in [5.74, 6) is 0. The van der Waals surface area contributed by atoms with Gasteiger partial charge in [-0.3, -0.25) is 0 Å². The maximum Gasteiger partial charge on any atom is 0.138 e. The lowest BCUT2D eigenvalue weighted by molar-refractivity contribution is 0.118. The van der Waals surface area contributed by atoms with Crippen LogP contribution in [0.3, 0.4) is 0 Å². The van der Waals surface area contributed by atoms with Crippen LogP contribution in [0.2, 0.25) is 0 Å². The van der Waals surface area contributed by atoms with Gasteiger partial charge in [-0.15, -0.1) is 0 Å². The number of nitrogens with two attached hydrogens (primary N) is 2. The fourth-order valence-electron chi connectivity index (χ4n) is 1.76. The SMILES string of the molecule is COC(C)c1ccc(C(CCCN)NO)cc1.NCF. The Morgan fingerprint density at radius 3 is 2.15 bits per heavy atom. The van der Waals surface area contributed by atoms with Crippen LogP contribution in [0.4, 0.5) is 4.39 Å². The fourth-order valence-corrected chi connectivity index (χ4v) is 1.76. The van der Waals surface area contributed by atoms with Crippen molar-refractivity contribution in [2.45, 2.75) is 31.9 Å². The molecule has 0 saturated carbocycles. The first-order valence-electron chi connectivity index (χ1n) is 6.62. The van der Waals surface area contributed by atoms with E-state index in [1.165, 1.54) is 0 Å². The molecule has 0 saturated heterocycles. The predicted octanol–water partition coefficient (Wildman–Crippen LogP) is 2.02. The van der Waals surface area contributed by atoms with Crippen LogP contribution in [0.5, 0.6) is 0 Å². The topological polar surface area (TPSA) is 93.5 Å². The van der Waals surface area contributed by atoms with Gasteiger partial charge < -0.3 is 21.4 Å². The molecule has 2 unspecified atom stereocenters. The number of benzene rings is 1. The molecule has 20 heavy (non-hydrogen) atoms. The molecule has 6 N–H and O–H groups in total. The molecule has 0 heterocycles. The number of methoxy groups -OCH3 is 1. The third-order valence-electron chi connectivity index (χ3n) is 3.01. The Morgan fingerprint density at radius 2 is 1.75 bits per heavy atom. The summed E-state index contributed by atoms with van der Waals surface area (Å²) >= 11 is 0. The number of hydroxylamine groups is 1. The van der Waals surface area contributed by atoms with Crippen molar-refractivity contribution in [2.24, 2.45) is 11.5 Å². The normalized spacial score (nSPS) is 13.3. The van der Waals surface area contributed by atoms with Gasteiger partial charge in [0.2, 0.25) is 0 Å². The Kier molecular flexibility index (Phi) is 11.1. The van der Waals surface area contributed by atoms with E-state index in [2.05, 4.69) is 11.2 Å². The summed E-state index contributed by atoms with van der Waals surface area (Å²) < 4.78 is 15.3. The van der Waals surface area contributed by atoms with Crippen molar-refractivity contribution < 1.29 is 14.3 Å². The highest BCUT2D eigenvalue weighted by Crippen LogP contribution is 2.21. The molecule has 5 nitrogen and oxygen atoms in total. The average Bonchev–Trinajstić information content (AvgIpc) is 2.48. The van der Waals surface area contributed by atoms with Gasteiger partial charge in [0, 0.05) is 7.11 Å². The quantitative estimate of drug-likeness (QED) is 0.455. The molecule has 0 spiro atoms. The minimum absolute atomic E-state index is 0.0505. The van der Waals surface area contributed by atoms with Crippen LogP contribution in [0.25, 0.3) is 0 Å². The number of rotatable bonds is 7. The highest BCUT2D eigenvalue weighted by molar-refractivity contribution is 5.26.